The highest BCUT2D eigenvalue weighted by atomic mass is 16.7. The fraction of sp³-hybridized carbons (Fsp3) is 0.643. The minimum absolute atomic E-state index is 0.237. The van der Waals surface area contributed by atoms with Gasteiger partial charge in [0, 0.05) is 6.42 Å². The molecular weight excluding hydrogens is 344 g/mol. The van der Waals surface area contributed by atoms with E-state index in [1.165, 1.54) is 13.8 Å². The number of rotatable bonds is 0. The number of ether oxygens (including phenoxy) is 6. The normalized spacial score (nSPS) is 25.1. The second-order valence-corrected chi connectivity index (χ2v) is 4.78. The van der Waals surface area contributed by atoms with E-state index in [4.69, 9.17) is 0 Å². The molecule has 11 nitrogen and oxygen atoms in total. The first-order valence-corrected chi connectivity index (χ1v) is 7.31. The van der Waals surface area contributed by atoms with Crippen LogP contribution in [0.25, 0.3) is 0 Å². The predicted octanol–water partition coefficient (Wildman–Crippen LogP) is -0.507. The molecule has 2 atom stereocenters. The second-order valence-electron chi connectivity index (χ2n) is 4.78. The van der Waals surface area contributed by atoms with E-state index in [0.717, 1.165) is 6.42 Å². The molecule has 0 aromatic carbocycles. The van der Waals surface area contributed by atoms with Crippen LogP contribution in [0.4, 0.5) is 4.79 Å². The number of esters is 4. The Bertz CT molecular complexity index is 471. The lowest BCUT2D eigenvalue weighted by Crippen LogP contribution is -2.40. The van der Waals surface area contributed by atoms with Gasteiger partial charge in [-0.05, 0) is 13.8 Å². The third kappa shape index (κ3) is 7.99. The van der Waals surface area contributed by atoms with Gasteiger partial charge in [0.15, 0.2) is 25.4 Å². The van der Waals surface area contributed by atoms with E-state index in [0.29, 0.717) is 13.2 Å². The smallest absolute Gasteiger partial charge is 0.451 e. The van der Waals surface area contributed by atoms with Gasteiger partial charge in [-0.25, -0.2) is 24.0 Å². The monoisotopic (exact) mass is 362 g/mol. The van der Waals surface area contributed by atoms with Gasteiger partial charge in [-0.2, -0.15) is 0 Å². The summed E-state index contributed by atoms with van der Waals surface area (Å²) in [5.41, 5.74) is 0. The van der Waals surface area contributed by atoms with Crippen LogP contribution in [0.5, 0.6) is 0 Å². The Kier molecular flexibility index (Phi) is 8.16. The van der Waals surface area contributed by atoms with Gasteiger partial charge < -0.3 is 28.4 Å². The molecule has 0 aliphatic carbocycles. The first-order chi connectivity index (χ1) is 11.8. The molecule has 0 radical (unpaired) electrons. The van der Waals surface area contributed by atoms with Crippen molar-refractivity contribution in [3.63, 3.8) is 0 Å². The van der Waals surface area contributed by atoms with Crippen LogP contribution < -0.4 is 0 Å². The number of hydrogen-bond acceptors (Lipinski definition) is 11. The highest BCUT2D eigenvalue weighted by Crippen LogP contribution is 2.08. The Balaban J connectivity index is 0.000000191. The van der Waals surface area contributed by atoms with Gasteiger partial charge in [-0.1, -0.05) is 0 Å². The fourth-order valence-electron chi connectivity index (χ4n) is 1.41. The van der Waals surface area contributed by atoms with Crippen LogP contribution in [0.3, 0.4) is 0 Å². The summed E-state index contributed by atoms with van der Waals surface area (Å²) in [5.74, 6) is -1.92. The molecule has 0 saturated carbocycles. The Labute approximate surface area is 142 Å². The van der Waals surface area contributed by atoms with E-state index >= 15 is 0 Å². The molecule has 3 aliphatic rings. The minimum atomic E-state index is -0.747. The van der Waals surface area contributed by atoms with Crippen LogP contribution >= 0.6 is 0 Å². The van der Waals surface area contributed by atoms with Crippen molar-refractivity contribution in [1.29, 1.82) is 0 Å². The van der Waals surface area contributed by atoms with Crippen molar-refractivity contribution in [2.75, 3.05) is 26.4 Å². The zero-order valence-corrected chi connectivity index (χ0v) is 13.7. The van der Waals surface area contributed by atoms with E-state index in [2.05, 4.69) is 28.4 Å². The quantitative estimate of drug-likeness (QED) is 0.406. The molecule has 3 rings (SSSR count). The van der Waals surface area contributed by atoms with Crippen LogP contribution in [0, 0.1) is 0 Å². The fourth-order valence-corrected chi connectivity index (χ4v) is 1.41. The number of cyclic esters (lactones) is 6. The van der Waals surface area contributed by atoms with Crippen molar-refractivity contribution in [1.82, 2.24) is 0 Å². The van der Waals surface area contributed by atoms with Crippen molar-refractivity contribution in [2.45, 2.75) is 32.5 Å². The molecule has 11 heteroatoms. The minimum Gasteiger partial charge on any atom is -0.451 e. The summed E-state index contributed by atoms with van der Waals surface area (Å²) in [7, 11) is 0. The van der Waals surface area contributed by atoms with Gasteiger partial charge in [0.1, 0.15) is 0 Å². The molecule has 25 heavy (non-hydrogen) atoms. The van der Waals surface area contributed by atoms with Gasteiger partial charge in [-0.3, -0.25) is 0 Å². The molecular formula is C14H18O11. The summed E-state index contributed by atoms with van der Waals surface area (Å²) in [6.45, 7) is 3.51. The van der Waals surface area contributed by atoms with Crippen LogP contribution in [0.15, 0.2) is 0 Å². The van der Waals surface area contributed by atoms with Crippen LogP contribution in [0.1, 0.15) is 20.3 Å². The summed E-state index contributed by atoms with van der Waals surface area (Å²) >= 11 is 0. The largest absolute Gasteiger partial charge is 0.508 e. The summed E-state index contributed by atoms with van der Waals surface area (Å²) < 4.78 is 26.6. The third-order valence-corrected chi connectivity index (χ3v) is 2.68. The molecule has 0 aromatic rings. The zero-order chi connectivity index (χ0) is 18.8. The molecule has 0 N–H and O–H groups in total. The topological polar surface area (TPSA) is 141 Å². The Morgan fingerprint density at radius 3 is 1.36 bits per heavy atom. The lowest BCUT2D eigenvalue weighted by atomic mass is 10.3. The highest BCUT2D eigenvalue weighted by Gasteiger charge is 2.32. The van der Waals surface area contributed by atoms with Crippen molar-refractivity contribution in [2.24, 2.45) is 0 Å². The maximum atomic E-state index is 10.7. The third-order valence-electron chi connectivity index (χ3n) is 2.68. The molecule has 3 saturated heterocycles. The Morgan fingerprint density at radius 2 is 1.08 bits per heavy atom. The maximum absolute atomic E-state index is 10.7. The van der Waals surface area contributed by atoms with Gasteiger partial charge in [0.25, 0.3) is 0 Å². The van der Waals surface area contributed by atoms with E-state index in [-0.39, 0.29) is 13.2 Å². The lowest BCUT2D eigenvalue weighted by molar-refractivity contribution is -0.191. The summed E-state index contributed by atoms with van der Waals surface area (Å²) in [6, 6.07) is 0. The second kappa shape index (κ2) is 10.1. The van der Waals surface area contributed by atoms with Crippen molar-refractivity contribution in [3.05, 3.63) is 0 Å². The van der Waals surface area contributed by atoms with Crippen molar-refractivity contribution < 1.29 is 52.4 Å². The van der Waals surface area contributed by atoms with Crippen molar-refractivity contribution >= 4 is 30.0 Å². The van der Waals surface area contributed by atoms with Gasteiger partial charge >= 0.3 is 30.0 Å². The molecule has 3 fully saturated rings. The summed E-state index contributed by atoms with van der Waals surface area (Å²) in [4.78, 5) is 51.5. The first kappa shape index (κ1) is 20.2. The van der Waals surface area contributed by atoms with E-state index in [1.807, 2.05) is 0 Å². The van der Waals surface area contributed by atoms with Crippen LogP contribution in [0.2, 0.25) is 0 Å². The molecule has 0 amide bonds. The maximum Gasteiger partial charge on any atom is 0.508 e. The molecule has 0 spiro atoms. The lowest BCUT2D eigenvalue weighted by Gasteiger charge is -2.22. The molecule has 3 aliphatic heterocycles. The zero-order valence-electron chi connectivity index (χ0n) is 13.7. The van der Waals surface area contributed by atoms with E-state index < -0.39 is 42.2 Å². The summed E-state index contributed by atoms with van der Waals surface area (Å²) in [6.07, 6.45) is -1.20. The first-order valence-electron chi connectivity index (χ1n) is 7.31. The molecule has 3 heterocycles. The number of carbonyl (C=O) groups excluding carboxylic acids is 5. The van der Waals surface area contributed by atoms with Gasteiger partial charge in [-0.15, -0.1) is 0 Å². The van der Waals surface area contributed by atoms with Gasteiger partial charge in [0.2, 0.25) is 0 Å². The number of hydrogen-bond donors (Lipinski definition) is 0. The molecule has 0 aromatic heterocycles. The average molecular weight is 362 g/mol. The molecule has 0 unspecified atom stereocenters. The average Bonchev–Trinajstić information content (AvgIpc) is 2.58. The summed E-state index contributed by atoms with van der Waals surface area (Å²) in [5, 5.41) is 0. The van der Waals surface area contributed by atoms with E-state index in [9.17, 15) is 24.0 Å². The van der Waals surface area contributed by atoms with Crippen LogP contribution in [-0.4, -0.2) is 68.7 Å². The van der Waals surface area contributed by atoms with E-state index in [1.54, 1.807) is 0 Å². The Hall–Kier alpha value is -2.85. The Morgan fingerprint density at radius 1 is 0.680 bits per heavy atom. The standard InChI is InChI=1S/C6H8O4.C4H4O4.C4H6O3/c1-3-5(7)10-4(2)6(8)9-3;5-3-1-7-4(6)2-8-3;5-4-6-2-1-3-7-4/h3-4H,1-2H3;1-2H2;1-3H2/t3-,4-;;/m0../s1. The highest BCUT2D eigenvalue weighted by molar-refractivity contribution is 5.86. The number of carbonyl (C=O) groups is 5. The molecule has 0 bridgehead atoms. The predicted molar refractivity (Wildman–Crippen MR) is 74.9 cm³/mol. The SMILES string of the molecule is C[C@@H]1OC(=O)[C@H](C)OC1=O.O=C1COC(=O)CO1.O=C1OCCCO1. The van der Waals surface area contributed by atoms with Crippen molar-refractivity contribution in [3.8, 4) is 0 Å². The van der Waals surface area contributed by atoms with Gasteiger partial charge in [0.05, 0.1) is 13.2 Å². The van der Waals surface area contributed by atoms with Crippen LogP contribution in [-0.2, 0) is 47.6 Å². The molecule has 140 valence electrons.